The third-order valence-electron chi connectivity index (χ3n) is 3.02. The maximum absolute atomic E-state index is 14.1. The second-order valence-corrected chi connectivity index (χ2v) is 4.32. The van der Waals surface area contributed by atoms with Gasteiger partial charge in [0.05, 0.1) is 24.5 Å². The van der Waals surface area contributed by atoms with Gasteiger partial charge in [-0.05, 0) is 19.1 Å². The molecule has 1 atom stereocenters. The number of nitrogens with two attached hydrogens (primary N) is 1. The summed E-state index contributed by atoms with van der Waals surface area (Å²) in [6.07, 6.45) is 0. The highest BCUT2D eigenvalue weighted by Crippen LogP contribution is 2.26. The van der Waals surface area contributed by atoms with Crippen LogP contribution in [-0.4, -0.2) is 16.9 Å². The number of benzene rings is 1. The van der Waals surface area contributed by atoms with Gasteiger partial charge in [0.15, 0.2) is 0 Å². The van der Waals surface area contributed by atoms with Crippen LogP contribution in [0.3, 0.4) is 0 Å². The van der Waals surface area contributed by atoms with E-state index in [9.17, 15) is 4.39 Å². The first kappa shape index (κ1) is 13.5. The Hall–Kier alpha value is -1.92. The van der Waals surface area contributed by atoms with E-state index in [1.807, 2.05) is 13.0 Å². The SMILES string of the molecule is COc1ccc(C(NN)c2cc(C)nn2C)c(F)c1. The molecule has 0 aliphatic heterocycles. The minimum atomic E-state index is -0.461. The van der Waals surface area contributed by atoms with Crippen LogP contribution in [0.4, 0.5) is 4.39 Å². The number of halogens is 1. The summed E-state index contributed by atoms with van der Waals surface area (Å²) in [7, 11) is 3.30. The summed E-state index contributed by atoms with van der Waals surface area (Å²) in [5, 5.41) is 4.24. The number of aromatic nitrogens is 2. The molecule has 0 aliphatic rings. The largest absolute Gasteiger partial charge is 0.497 e. The zero-order valence-electron chi connectivity index (χ0n) is 11.1. The van der Waals surface area contributed by atoms with Gasteiger partial charge < -0.3 is 4.74 Å². The molecule has 102 valence electrons. The monoisotopic (exact) mass is 264 g/mol. The molecular weight excluding hydrogens is 247 g/mol. The van der Waals surface area contributed by atoms with Crippen molar-refractivity contribution in [2.45, 2.75) is 13.0 Å². The lowest BCUT2D eigenvalue weighted by Gasteiger charge is -2.17. The van der Waals surface area contributed by atoms with E-state index in [1.54, 1.807) is 23.9 Å². The van der Waals surface area contributed by atoms with E-state index in [4.69, 9.17) is 10.6 Å². The highest BCUT2D eigenvalue weighted by Gasteiger charge is 2.20. The number of ether oxygens (including phenoxy) is 1. The number of methoxy groups -OCH3 is 1. The van der Waals surface area contributed by atoms with Gasteiger partial charge in [-0.2, -0.15) is 5.10 Å². The maximum atomic E-state index is 14.1. The van der Waals surface area contributed by atoms with E-state index in [-0.39, 0.29) is 5.82 Å². The number of aryl methyl sites for hydroxylation is 2. The van der Waals surface area contributed by atoms with Gasteiger partial charge in [-0.1, -0.05) is 6.07 Å². The highest BCUT2D eigenvalue weighted by atomic mass is 19.1. The van der Waals surface area contributed by atoms with Crippen molar-refractivity contribution in [1.82, 2.24) is 15.2 Å². The molecule has 2 aromatic rings. The lowest BCUT2D eigenvalue weighted by Crippen LogP contribution is -2.31. The van der Waals surface area contributed by atoms with E-state index in [0.717, 1.165) is 11.4 Å². The van der Waals surface area contributed by atoms with Crippen molar-refractivity contribution in [2.75, 3.05) is 7.11 Å². The van der Waals surface area contributed by atoms with Crippen LogP contribution in [0.25, 0.3) is 0 Å². The van der Waals surface area contributed by atoms with Crippen LogP contribution in [-0.2, 0) is 7.05 Å². The Morgan fingerprint density at radius 3 is 2.63 bits per heavy atom. The van der Waals surface area contributed by atoms with Crippen molar-refractivity contribution in [2.24, 2.45) is 12.9 Å². The molecule has 0 spiro atoms. The molecule has 2 rings (SSSR count). The molecule has 0 bridgehead atoms. The average Bonchev–Trinajstić information content (AvgIpc) is 2.71. The predicted molar refractivity (Wildman–Crippen MR) is 70.1 cm³/mol. The zero-order valence-corrected chi connectivity index (χ0v) is 11.1. The third-order valence-corrected chi connectivity index (χ3v) is 3.02. The van der Waals surface area contributed by atoms with Crippen molar-refractivity contribution in [1.29, 1.82) is 0 Å². The van der Waals surface area contributed by atoms with Crippen LogP contribution in [0.5, 0.6) is 5.75 Å². The second-order valence-electron chi connectivity index (χ2n) is 4.32. The van der Waals surface area contributed by atoms with Crippen LogP contribution >= 0.6 is 0 Å². The number of hydrogen-bond acceptors (Lipinski definition) is 4. The summed E-state index contributed by atoms with van der Waals surface area (Å²) in [4.78, 5) is 0. The number of nitrogens with zero attached hydrogens (tertiary/aromatic N) is 2. The molecule has 1 aromatic heterocycles. The van der Waals surface area contributed by atoms with E-state index in [0.29, 0.717) is 11.3 Å². The number of nitrogens with one attached hydrogen (secondary N) is 1. The van der Waals surface area contributed by atoms with Crippen LogP contribution in [0.2, 0.25) is 0 Å². The summed E-state index contributed by atoms with van der Waals surface area (Å²) in [6, 6.07) is 6.10. The lowest BCUT2D eigenvalue weighted by atomic mass is 10.0. The van der Waals surface area contributed by atoms with Gasteiger partial charge in [-0.15, -0.1) is 0 Å². The van der Waals surface area contributed by atoms with Gasteiger partial charge in [0.2, 0.25) is 0 Å². The summed E-state index contributed by atoms with van der Waals surface area (Å²) in [5.41, 5.74) is 4.72. The standard InChI is InChI=1S/C13H17FN4O/c1-8-6-12(18(2)17-8)13(16-15)10-5-4-9(19-3)7-11(10)14/h4-7,13,16H,15H2,1-3H3. The van der Waals surface area contributed by atoms with Crippen LogP contribution in [0, 0.1) is 12.7 Å². The number of hydrogen-bond donors (Lipinski definition) is 2. The molecule has 0 saturated carbocycles. The van der Waals surface area contributed by atoms with Crippen LogP contribution < -0.4 is 16.0 Å². The smallest absolute Gasteiger partial charge is 0.132 e. The quantitative estimate of drug-likeness (QED) is 0.647. The Morgan fingerprint density at radius 1 is 1.42 bits per heavy atom. The van der Waals surface area contributed by atoms with Crippen LogP contribution in [0.15, 0.2) is 24.3 Å². The van der Waals surface area contributed by atoms with Crippen molar-refractivity contribution in [3.63, 3.8) is 0 Å². The molecule has 0 aliphatic carbocycles. The molecular formula is C13H17FN4O. The normalized spacial score (nSPS) is 12.5. The Morgan fingerprint density at radius 2 is 2.16 bits per heavy atom. The molecule has 0 amide bonds. The first-order valence-electron chi connectivity index (χ1n) is 5.87. The lowest BCUT2D eigenvalue weighted by molar-refractivity contribution is 0.409. The van der Waals surface area contributed by atoms with Gasteiger partial charge >= 0.3 is 0 Å². The molecule has 0 fully saturated rings. The molecule has 5 nitrogen and oxygen atoms in total. The second kappa shape index (κ2) is 5.38. The Balaban J connectivity index is 2.45. The predicted octanol–water partition coefficient (Wildman–Crippen LogP) is 1.43. The zero-order chi connectivity index (χ0) is 14.0. The molecule has 3 N–H and O–H groups in total. The third kappa shape index (κ3) is 2.59. The Kier molecular flexibility index (Phi) is 3.82. The van der Waals surface area contributed by atoms with E-state index in [2.05, 4.69) is 10.5 Å². The minimum absolute atomic E-state index is 0.374. The van der Waals surface area contributed by atoms with Gasteiger partial charge in [-0.3, -0.25) is 10.5 Å². The fourth-order valence-corrected chi connectivity index (χ4v) is 2.10. The van der Waals surface area contributed by atoms with Crippen molar-refractivity contribution in [3.05, 3.63) is 47.0 Å². The van der Waals surface area contributed by atoms with Crippen molar-refractivity contribution >= 4 is 0 Å². The fraction of sp³-hybridized carbons (Fsp3) is 0.308. The maximum Gasteiger partial charge on any atom is 0.132 e. The summed E-state index contributed by atoms with van der Waals surface area (Å²) in [5.74, 6) is 5.66. The average molecular weight is 264 g/mol. The molecule has 0 saturated heterocycles. The topological polar surface area (TPSA) is 65.1 Å². The van der Waals surface area contributed by atoms with E-state index >= 15 is 0 Å². The Bertz CT molecular complexity index is 582. The van der Waals surface area contributed by atoms with Gasteiger partial charge in [0.25, 0.3) is 0 Å². The molecule has 1 aromatic carbocycles. The first-order chi connectivity index (χ1) is 9.06. The Labute approximate surface area is 111 Å². The van der Waals surface area contributed by atoms with Crippen molar-refractivity contribution < 1.29 is 9.13 Å². The van der Waals surface area contributed by atoms with Gasteiger partial charge in [0, 0.05) is 18.7 Å². The molecule has 6 heteroatoms. The van der Waals surface area contributed by atoms with Gasteiger partial charge in [0.1, 0.15) is 11.6 Å². The van der Waals surface area contributed by atoms with E-state index in [1.165, 1.54) is 13.2 Å². The summed E-state index contributed by atoms with van der Waals surface area (Å²) < 4.78 is 20.8. The van der Waals surface area contributed by atoms with Crippen LogP contribution in [0.1, 0.15) is 23.0 Å². The summed E-state index contributed by atoms with van der Waals surface area (Å²) in [6.45, 7) is 1.88. The van der Waals surface area contributed by atoms with Crippen molar-refractivity contribution in [3.8, 4) is 5.75 Å². The molecule has 1 heterocycles. The molecule has 19 heavy (non-hydrogen) atoms. The van der Waals surface area contributed by atoms with Gasteiger partial charge in [-0.25, -0.2) is 9.82 Å². The van der Waals surface area contributed by atoms with E-state index < -0.39 is 6.04 Å². The first-order valence-corrected chi connectivity index (χ1v) is 5.87. The number of hydrazine groups is 1. The minimum Gasteiger partial charge on any atom is -0.497 e. The number of rotatable bonds is 4. The molecule has 0 radical (unpaired) electrons. The fourth-order valence-electron chi connectivity index (χ4n) is 2.10. The molecule has 1 unspecified atom stereocenters. The highest BCUT2D eigenvalue weighted by molar-refractivity contribution is 5.35. The summed E-state index contributed by atoms with van der Waals surface area (Å²) >= 11 is 0.